The summed E-state index contributed by atoms with van der Waals surface area (Å²) in [7, 11) is 0. The summed E-state index contributed by atoms with van der Waals surface area (Å²) in [6, 6.07) is 7.48. The maximum Gasteiger partial charge on any atom is 0.249 e. The van der Waals surface area contributed by atoms with Crippen LogP contribution >= 0.6 is 11.3 Å². The number of carbonyl (C=O) groups is 1. The molecule has 7 heteroatoms. The Labute approximate surface area is 137 Å². The van der Waals surface area contributed by atoms with Crippen molar-refractivity contribution in [1.82, 2.24) is 19.7 Å². The number of rotatable bonds is 5. The van der Waals surface area contributed by atoms with Gasteiger partial charge in [0.05, 0.1) is 22.9 Å². The van der Waals surface area contributed by atoms with Crippen LogP contribution in [0.2, 0.25) is 0 Å². The number of thiazole rings is 1. The van der Waals surface area contributed by atoms with Gasteiger partial charge >= 0.3 is 0 Å². The lowest BCUT2D eigenvalue weighted by atomic mass is 10.3. The number of anilines is 1. The van der Waals surface area contributed by atoms with Gasteiger partial charge in [-0.05, 0) is 25.1 Å². The molecule has 3 rings (SSSR count). The number of hydrogen-bond acceptors (Lipinski definition) is 5. The van der Waals surface area contributed by atoms with E-state index in [0.29, 0.717) is 12.4 Å². The van der Waals surface area contributed by atoms with E-state index < -0.39 is 0 Å². The smallest absolute Gasteiger partial charge is 0.249 e. The largest absolute Gasteiger partial charge is 0.306 e. The van der Waals surface area contributed by atoms with E-state index in [4.69, 9.17) is 0 Å². The summed E-state index contributed by atoms with van der Waals surface area (Å²) in [4.78, 5) is 20.4. The molecule has 116 valence electrons. The van der Waals surface area contributed by atoms with Crippen molar-refractivity contribution in [3.63, 3.8) is 0 Å². The molecule has 3 heterocycles. The zero-order valence-electron chi connectivity index (χ0n) is 12.5. The van der Waals surface area contributed by atoms with E-state index in [2.05, 4.69) is 20.4 Å². The van der Waals surface area contributed by atoms with Gasteiger partial charge in [0.15, 0.2) is 5.82 Å². The Morgan fingerprint density at radius 2 is 2.30 bits per heavy atom. The lowest BCUT2D eigenvalue weighted by Gasteiger charge is -2.00. The van der Waals surface area contributed by atoms with Gasteiger partial charge in [0.25, 0.3) is 0 Å². The first kappa shape index (κ1) is 15.1. The molecule has 0 spiro atoms. The normalized spacial score (nSPS) is 11.0. The monoisotopic (exact) mass is 325 g/mol. The van der Waals surface area contributed by atoms with Crippen molar-refractivity contribution in [2.24, 2.45) is 0 Å². The molecule has 0 aliphatic carbocycles. The molecule has 0 bridgehead atoms. The van der Waals surface area contributed by atoms with Crippen LogP contribution in [0.4, 0.5) is 5.82 Å². The standard InChI is InChI=1S/C16H15N5OS/c1-12-18-14(11-23-12)5-6-16(22)19-15-7-9-21(20-15)10-13-4-2-3-8-17-13/h2-9,11H,10H2,1H3,(H,19,20,22)/b6-5-. The maximum atomic E-state index is 11.9. The third-order valence-corrected chi connectivity index (χ3v) is 3.78. The Bertz CT molecular complexity index is 822. The summed E-state index contributed by atoms with van der Waals surface area (Å²) < 4.78 is 1.73. The van der Waals surface area contributed by atoms with Crippen LogP contribution in [0.15, 0.2) is 48.1 Å². The first-order chi connectivity index (χ1) is 11.2. The van der Waals surface area contributed by atoms with Crippen molar-refractivity contribution in [3.05, 3.63) is 64.5 Å². The van der Waals surface area contributed by atoms with E-state index in [9.17, 15) is 4.79 Å². The van der Waals surface area contributed by atoms with Crippen LogP contribution in [0.3, 0.4) is 0 Å². The van der Waals surface area contributed by atoms with Crippen LogP contribution in [-0.4, -0.2) is 25.7 Å². The van der Waals surface area contributed by atoms with Gasteiger partial charge in [-0.2, -0.15) is 5.10 Å². The van der Waals surface area contributed by atoms with Crippen molar-refractivity contribution in [2.75, 3.05) is 5.32 Å². The second-order valence-electron chi connectivity index (χ2n) is 4.83. The predicted octanol–water partition coefficient (Wildman–Crippen LogP) is 2.74. The lowest BCUT2D eigenvalue weighted by molar-refractivity contribution is -0.111. The third-order valence-electron chi connectivity index (χ3n) is 2.98. The number of hydrogen-bond donors (Lipinski definition) is 1. The molecule has 0 aromatic carbocycles. The summed E-state index contributed by atoms with van der Waals surface area (Å²) in [5, 5.41) is 9.90. The predicted molar refractivity (Wildman–Crippen MR) is 90.1 cm³/mol. The van der Waals surface area contributed by atoms with Crippen LogP contribution in [0.25, 0.3) is 6.08 Å². The Balaban J connectivity index is 1.58. The Morgan fingerprint density at radius 3 is 3.04 bits per heavy atom. The average molecular weight is 325 g/mol. The van der Waals surface area contributed by atoms with Gasteiger partial charge in [-0.25, -0.2) is 4.98 Å². The van der Waals surface area contributed by atoms with Crippen LogP contribution < -0.4 is 5.32 Å². The Morgan fingerprint density at radius 1 is 1.39 bits per heavy atom. The van der Waals surface area contributed by atoms with Gasteiger partial charge in [-0.15, -0.1) is 11.3 Å². The van der Waals surface area contributed by atoms with E-state index in [1.165, 1.54) is 6.08 Å². The van der Waals surface area contributed by atoms with Gasteiger partial charge in [-0.1, -0.05) is 6.07 Å². The van der Waals surface area contributed by atoms with Gasteiger partial charge in [0.1, 0.15) is 0 Å². The summed E-state index contributed by atoms with van der Waals surface area (Å²) in [5.74, 6) is 0.267. The number of nitrogens with zero attached hydrogens (tertiary/aromatic N) is 4. The first-order valence-electron chi connectivity index (χ1n) is 7.03. The van der Waals surface area contributed by atoms with Gasteiger partial charge in [0.2, 0.25) is 5.91 Å². The van der Waals surface area contributed by atoms with E-state index in [1.807, 2.05) is 30.5 Å². The third kappa shape index (κ3) is 4.33. The summed E-state index contributed by atoms with van der Waals surface area (Å²) >= 11 is 1.55. The molecule has 1 amide bonds. The molecule has 0 aliphatic heterocycles. The Kier molecular flexibility index (Phi) is 4.58. The fraction of sp³-hybridized carbons (Fsp3) is 0.125. The number of carbonyl (C=O) groups excluding carboxylic acids is 1. The van der Waals surface area contributed by atoms with Crippen molar-refractivity contribution >= 4 is 29.1 Å². The average Bonchev–Trinajstić information content (AvgIpc) is 3.15. The van der Waals surface area contributed by atoms with E-state index in [-0.39, 0.29) is 5.91 Å². The highest BCUT2D eigenvalue weighted by Crippen LogP contribution is 2.10. The van der Waals surface area contributed by atoms with E-state index in [1.54, 1.807) is 40.6 Å². The highest BCUT2D eigenvalue weighted by atomic mass is 32.1. The topological polar surface area (TPSA) is 72.7 Å². The summed E-state index contributed by atoms with van der Waals surface area (Å²) in [5.41, 5.74) is 1.69. The van der Waals surface area contributed by atoms with Crippen molar-refractivity contribution in [3.8, 4) is 0 Å². The second-order valence-corrected chi connectivity index (χ2v) is 5.90. The molecule has 3 aromatic rings. The molecule has 23 heavy (non-hydrogen) atoms. The fourth-order valence-electron chi connectivity index (χ4n) is 1.96. The zero-order chi connectivity index (χ0) is 16.1. The molecule has 0 unspecified atom stereocenters. The molecular weight excluding hydrogens is 310 g/mol. The molecule has 6 nitrogen and oxygen atoms in total. The lowest BCUT2D eigenvalue weighted by Crippen LogP contribution is -2.09. The number of aryl methyl sites for hydroxylation is 1. The van der Waals surface area contributed by atoms with E-state index in [0.717, 1.165) is 16.4 Å². The molecular formula is C16H15N5OS. The van der Waals surface area contributed by atoms with Crippen LogP contribution in [0.5, 0.6) is 0 Å². The molecule has 0 atom stereocenters. The Hall–Kier alpha value is -2.80. The highest BCUT2D eigenvalue weighted by Gasteiger charge is 2.03. The minimum Gasteiger partial charge on any atom is -0.306 e. The highest BCUT2D eigenvalue weighted by molar-refractivity contribution is 7.09. The zero-order valence-corrected chi connectivity index (χ0v) is 13.3. The summed E-state index contributed by atoms with van der Waals surface area (Å²) in [6.45, 7) is 2.49. The van der Waals surface area contributed by atoms with Crippen LogP contribution in [-0.2, 0) is 11.3 Å². The fourth-order valence-corrected chi connectivity index (χ4v) is 2.54. The molecule has 0 saturated heterocycles. The van der Waals surface area contributed by atoms with Crippen LogP contribution in [0.1, 0.15) is 16.4 Å². The number of nitrogens with one attached hydrogen (secondary N) is 1. The van der Waals surface area contributed by atoms with Crippen molar-refractivity contribution in [1.29, 1.82) is 0 Å². The van der Waals surface area contributed by atoms with E-state index >= 15 is 0 Å². The van der Waals surface area contributed by atoms with Crippen molar-refractivity contribution < 1.29 is 4.79 Å². The minimum atomic E-state index is -0.237. The second kappa shape index (κ2) is 6.97. The first-order valence-corrected chi connectivity index (χ1v) is 7.91. The minimum absolute atomic E-state index is 0.237. The maximum absolute atomic E-state index is 11.9. The molecule has 1 N–H and O–H groups in total. The van der Waals surface area contributed by atoms with Gasteiger partial charge < -0.3 is 5.32 Å². The van der Waals surface area contributed by atoms with Gasteiger partial charge in [-0.3, -0.25) is 14.5 Å². The molecule has 0 fully saturated rings. The molecule has 3 aromatic heterocycles. The molecule has 0 aliphatic rings. The van der Waals surface area contributed by atoms with Crippen LogP contribution in [0, 0.1) is 6.92 Å². The van der Waals surface area contributed by atoms with Gasteiger partial charge in [0, 0.05) is 29.9 Å². The summed E-state index contributed by atoms with van der Waals surface area (Å²) in [6.07, 6.45) is 6.68. The quantitative estimate of drug-likeness (QED) is 0.732. The van der Waals surface area contributed by atoms with Crippen molar-refractivity contribution in [2.45, 2.75) is 13.5 Å². The molecule has 0 radical (unpaired) electrons. The number of pyridine rings is 1. The SMILES string of the molecule is Cc1nc(/C=C\C(=O)Nc2ccn(Cc3ccccn3)n2)cs1. The molecule has 0 saturated carbocycles. The number of aromatic nitrogens is 4. The number of amides is 1.